The van der Waals surface area contributed by atoms with Gasteiger partial charge in [-0.3, -0.25) is 4.79 Å². The van der Waals surface area contributed by atoms with Gasteiger partial charge in [-0.2, -0.15) is 8.78 Å². The second kappa shape index (κ2) is 8.87. The predicted molar refractivity (Wildman–Crippen MR) is 105 cm³/mol. The van der Waals surface area contributed by atoms with Crippen LogP contribution in [0.5, 0.6) is 0 Å². The van der Waals surface area contributed by atoms with Gasteiger partial charge < -0.3 is 14.5 Å². The molecule has 1 fully saturated rings. The molecule has 6 nitrogen and oxygen atoms in total. The second-order valence-electron chi connectivity index (χ2n) is 6.72. The first-order valence-corrected chi connectivity index (χ1v) is 10.6. The lowest BCUT2D eigenvalue weighted by atomic mass is 10.1. The average molecular weight is 424 g/mol. The molecule has 1 aliphatic heterocycles. The molecule has 1 saturated heterocycles. The molecule has 156 valence electrons. The highest BCUT2D eigenvalue weighted by molar-refractivity contribution is 7.91. The molecule has 1 aliphatic rings. The number of morpholine rings is 1. The zero-order valence-electron chi connectivity index (χ0n) is 15.9. The summed E-state index contributed by atoms with van der Waals surface area (Å²) in [7, 11) is -3.04. The Morgan fingerprint density at radius 3 is 2.34 bits per heavy atom. The largest absolute Gasteiger partial charge is 0.378 e. The monoisotopic (exact) mass is 424 g/mol. The highest BCUT2D eigenvalue weighted by atomic mass is 32.2. The maximum absolute atomic E-state index is 12.7. The minimum absolute atomic E-state index is 0.226. The lowest BCUT2D eigenvalue weighted by Crippen LogP contribution is -2.37. The lowest BCUT2D eigenvalue weighted by Gasteiger charge is -2.31. The van der Waals surface area contributed by atoms with Gasteiger partial charge in [0.15, 0.2) is 0 Å². The molecular formula is C20H22F2N2O4S. The Hall–Kier alpha value is -2.52. The molecule has 0 bridgehead atoms. The van der Waals surface area contributed by atoms with Crippen molar-refractivity contribution in [2.75, 3.05) is 38.3 Å². The van der Waals surface area contributed by atoms with Crippen LogP contribution < -0.4 is 4.90 Å². The molecule has 0 saturated carbocycles. The Morgan fingerprint density at radius 2 is 1.72 bits per heavy atom. The van der Waals surface area contributed by atoms with E-state index in [2.05, 4.69) is 4.90 Å². The zero-order chi connectivity index (χ0) is 21.0. The summed E-state index contributed by atoms with van der Waals surface area (Å²) in [5.74, 6) is -3.83. The fourth-order valence-electron chi connectivity index (χ4n) is 3.20. The molecule has 0 unspecified atom stereocenters. The van der Waals surface area contributed by atoms with Crippen LogP contribution in [0.25, 0.3) is 0 Å². The van der Waals surface area contributed by atoms with Gasteiger partial charge in [0.05, 0.1) is 18.1 Å². The summed E-state index contributed by atoms with van der Waals surface area (Å²) in [5.41, 5.74) is 2.24. The Kier molecular flexibility index (Phi) is 6.49. The standard InChI is InChI=1S/C20H22F2N2O4S/c1-23(14-16-4-2-3-5-18(16)24-10-12-28-13-11-24)19(25)15-6-8-17(9-7-15)29(26,27)20(21)22/h2-9,20H,10-14H2,1H3. The minimum Gasteiger partial charge on any atom is -0.378 e. The van der Waals surface area contributed by atoms with Crippen molar-refractivity contribution >= 4 is 21.4 Å². The average Bonchev–Trinajstić information content (AvgIpc) is 2.74. The SMILES string of the molecule is CN(Cc1ccccc1N1CCOCC1)C(=O)c1ccc(S(=O)(=O)C(F)F)cc1. The van der Waals surface area contributed by atoms with Crippen molar-refractivity contribution in [3.8, 4) is 0 Å². The van der Waals surface area contributed by atoms with E-state index in [1.165, 1.54) is 17.0 Å². The van der Waals surface area contributed by atoms with Crippen molar-refractivity contribution in [1.82, 2.24) is 4.90 Å². The van der Waals surface area contributed by atoms with Gasteiger partial charge in [0, 0.05) is 37.9 Å². The van der Waals surface area contributed by atoms with Crippen molar-refractivity contribution in [2.45, 2.75) is 17.2 Å². The van der Waals surface area contributed by atoms with Gasteiger partial charge in [-0.05, 0) is 35.9 Å². The Labute approximate surface area is 168 Å². The van der Waals surface area contributed by atoms with E-state index < -0.39 is 20.5 Å². The van der Waals surface area contributed by atoms with Gasteiger partial charge in [0.25, 0.3) is 5.91 Å². The van der Waals surface area contributed by atoms with E-state index >= 15 is 0 Å². The number of hydrogen-bond acceptors (Lipinski definition) is 5. The van der Waals surface area contributed by atoms with Crippen LogP contribution in [-0.4, -0.2) is 58.3 Å². The number of halogens is 2. The van der Waals surface area contributed by atoms with E-state index in [1.54, 1.807) is 7.05 Å². The molecule has 29 heavy (non-hydrogen) atoms. The first kappa shape index (κ1) is 21.2. The van der Waals surface area contributed by atoms with Gasteiger partial charge in [-0.1, -0.05) is 18.2 Å². The number of sulfone groups is 1. The molecule has 1 amide bonds. The Bertz CT molecular complexity index is 959. The number of rotatable bonds is 6. The van der Waals surface area contributed by atoms with Crippen LogP contribution in [0.4, 0.5) is 14.5 Å². The summed E-state index contributed by atoms with van der Waals surface area (Å²) in [5, 5.41) is 0. The molecular weight excluding hydrogens is 402 g/mol. The van der Waals surface area contributed by atoms with Crippen LogP contribution in [-0.2, 0) is 21.1 Å². The van der Waals surface area contributed by atoms with E-state index in [1.807, 2.05) is 24.3 Å². The van der Waals surface area contributed by atoms with Crippen LogP contribution in [0.1, 0.15) is 15.9 Å². The number of amides is 1. The summed E-state index contributed by atoms with van der Waals surface area (Å²) in [6.07, 6.45) is 0. The van der Waals surface area contributed by atoms with Crippen molar-refractivity contribution in [1.29, 1.82) is 0 Å². The van der Waals surface area contributed by atoms with Crippen LogP contribution >= 0.6 is 0 Å². The summed E-state index contributed by atoms with van der Waals surface area (Å²) < 4.78 is 53.7. The quantitative estimate of drug-likeness (QED) is 0.714. The molecule has 2 aromatic rings. The van der Waals surface area contributed by atoms with Crippen molar-refractivity contribution < 1.29 is 26.7 Å². The molecule has 0 aromatic heterocycles. The third-order valence-electron chi connectivity index (χ3n) is 4.76. The number of benzene rings is 2. The molecule has 0 atom stereocenters. The van der Waals surface area contributed by atoms with Crippen LogP contribution in [0.15, 0.2) is 53.4 Å². The second-order valence-corrected chi connectivity index (χ2v) is 8.64. The smallest absolute Gasteiger partial charge is 0.341 e. The maximum atomic E-state index is 12.7. The van der Waals surface area contributed by atoms with Gasteiger partial charge in [-0.15, -0.1) is 0 Å². The highest BCUT2D eigenvalue weighted by Crippen LogP contribution is 2.24. The summed E-state index contributed by atoms with van der Waals surface area (Å²) >= 11 is 0. The number of nitrogens with zero attached hydrogens (tertiary/aromatic N) is 2. The molecule has 0 spiro atoms. The van der Waals surface area contributed by atoms with Gasteiger partial charge in [0.2, 0.25) is 9.84 Å². The van der Waals surface area contributed by atoms with Gasteiger partial charge in [0.1, 0.15) is 0 Å². The highest BCUT2D eigenvalue weighted by Gasteiger charge is 2.26. The Balaban J connectivity index is 1.75. The molecule has 9 heteroatoms. The minimum atomic E-state index is -4.68. The van der Waals surface area contributed by atoms with Crippen molar-refractivity contribution in [3.63, 3.8) is 0 Å². The van der Waals surface area contributed by atoms with Gasteiger partial charge in [-0.25, -0.2) is 8.42 Å². The Morgan fingerprint density at radius 1 is 1.10 bits per heavy atom. The number of ether oxygens (including phenoxy) is 1. The number of carbonyl (C=O) groups is 1. The predicted octanol–water partition coefficient (Wildman–Crippen LogP) is 2.79. The van der Waals surface area contributed by atoms with Crippen molar-refractivity contribution in [3.05, 3.63) is 59.7 Å². The summed E-state index contributed by atoms with van der Waals surface area (Å²) in [6.45, 7) is 3.20. The van der Waals surface area contributed by atoms with Gasteiger partial charge >= 0.3 is 5.76 Å². The molecule has 1 heterocycles. The molecule has 2 aromatic carbocycles. The van der Waals surface area contributed by atoms with Crippen LogP contribution in [0, 0.1) is 0 Å². The van der Waals surface area contributed by atoms with E-state index in [4.69, 9.17) is 4.74 Å². The molecule has 0 radical (unpaired) electrons. The van der Waals surface area contributed by atoms with E-state index in [-0.39, 0.29) is 11.5 Å². The number of para-hydroxylation sites is 1. The molecule has 0 aliphatic carbocycles. The summed E-state index contributed by atoms with van der Waals surface area (Å²) in [4.78, 5) is 15.9. The normalized spacial score (nSPS) is 14.8. The first-order chi connectivity index (χ1) is 13.8. The van der Waals surface area contributed by atoms with Crippen LogP contribution in [0.2, 0.25) is 0 Å². The topological polar surface area (TPSA) is 66.9 Å². The summed E-state index contributed by atoms with van der Waals surface area (Å²) in [6, 6.07) is 12.4. The third-order valence-corrected chi connectivity index (χ3v) is 6.16. The van der Waals surface area contributed by atoms with E-state index in [9.17, 15) is 22.0 Å². The zero-order valence-corrected chi connectivity index (χ0v) is 16.7. The third kappa shape index (κ3) is 4.73. The van der Waals surface area contributed by atoms with Crippen molar-refractivity contribution in [2.24, 2.45) is 0 Å². The number of alkyl halides is 2. The molecule has 0 N–H and O–H groups in total. The first-order valence-electron chi connectivity index (χ1n) is 9.09. The molecule has 3 rings (SSSR count). The van der Waals surface area contributed by atoms with E-state index in [0.717, 1.165) is 36.5 Å². The number of carbonyl (C=O) groups excluding carboxylic acids is 1. The van der Waals surface area contributed by atoms with Crippen LogP contribution in [0.3, 0.4) is 0 Å². The fourth-order valence-corrected chi connectivity index (χ4v) is 3.92. The van der Waals surface area contributed by atoms with E-state index in [0.29, 0.717) is 19.8 Å². The number of anilines is 1. The maximum Gasteiger partial charge on any atom is 0.341 e. The lowest BCUT2D eigenvalue weighted by molar-refractivity contribution is 0.0784. The fraction of sp³-hybridized carbons (Fsp3) is 0.350. The number of hydrogen-bond donors (Lipinski definition) is 0.